The van der Waals surface area contributed by atoms with E-state index in [9.17, 15) is 13.2 Å². The molecule has 0 aliphatic heterocycles. The lowest BCUT2D eigenvalue weighted by molar-refractivity contribution is -0.148. The van der Waals surface area contributed by atoms with Gasteiger partial charge in [-0.25, -0.2) is 0 Å². The van der Waals surface area contributed by atoms with Gasteiger partial charge in [-0.15, -0.1) is 0 Å². The van der Waals surface area contributed by atoms with Crippen molar-refractivity contribution in [2.24, 2.45) is 5.41 Å². The van der Waals surface area contributed by atoms with Crippen molar-refractivity contribution in [2.75, 3.05) is 26.2 Å². The van der Waals surface area contributed by atoms with Gasteiger partial charge >= 0.3 is 6.18 Å². The maximum Gasteiger partial charge on any atom is 0.401 e. The van der Waals surface area contributed by atoms with E-state index in [0.717, 1.165) is 6.42 Å². The topological polar surface area (TPSA) is 15.3 Å². The molecule has 0 atom stereocenters. The molecule has 0 saturated carbocycles. The molecule has 0 aliphatic rings. The van der Waals surface area contributed by atoms with Crippen LogP contribution in [0, 0.1) is 5.41 Å². The molecule has 0 aromatic rings. The molecule has 0 radical (unpaired) electrons. The fourth-order valence-corrected chi connectivity index (χ4v) is 1.95. The number of alkyl halides is 3. The molecule has 0 heterocycles. The molecule has 5 heteroatoms. The van der Waals surface area contributed by atoms with Gasteiger partial charge in [0.2, 0.25) is 0 Å². The van der Waals surface area contributed by atoms with Crippen LogP contribution in [0.5, 0.6) is 0 Å². The fourth-order valence-electron chi connectivity index (χ4n) is 1.95. The molecular weight excluding hydrogens is 253 g/mol. The van der Waals surface area contributed by atoms with Gasteiger partial charge in [0.1, 0.15) is 0 Å². The largest absolute Gasteiger partial charge is 0.401 e. The molecule has 19 heavy (non-hydrogen) atoms. The first-order valence-electron chi connectivity index (χ1n) is 6.89. The van der Waals surface area contributed by atoms with Crippen LogP contribution in [0.1, 0.15) is 48.0 Å². The minimum atomic E-state index is -4.12. The molecule has 0 aromatic heterocycles. The van der Waals surface area contributed by atoms with Gasteiger partial charge in [0.15, 0.2) is 0 Å². The summed E-state index contributed by atoms with van der Waals surface area (Å²) in [7, 11) is 0. The SMILES string of the molecule is CCCN(CC(F)(F)F)CC(C)(C)CNC(C)(C)C. The van der Waals surface area contributed by atoms with Gasteiger partial charge in [-0.2, -0.15) is 13.2 Å². The Bertz CT molecular complexity index is 254. The highest BCUT2D eigenvalue weighted by Gasteiger charge is 2.33. The van der Waals surface area contributed by atoms with Crippen LogP contribution in [0.2, 0.25) is 0 Å². The molecule has 0 fully saturated rings. The summed E-state index contributed by atoms with van der Waals surface area (Å²) in [6.45, 7) is 12.9. The van der Waals surface area contributed by atoms with Crippen molar-refractivity contribution < 1.29 is 13.2 Å². The second-order valence-electron chi connectivity index (χ2n) is 7.09. The van der Waals surface area contributed by atoms with E-state index in [1.54, 1.807) is 0 Å². The molecule has 0 bridgehead atoms. The van der Waals surface area contributed by atoms with E-state index in [-0.39, 0.29) is 11.0 Å². The zero-order chi connectivity index (χ0) is 15.3. The quantitative estimate of drug-likeness (QED) is 0.766. The van der Waals surface area contributed by atoms with Crippen LogP contribution >= 0.6 is 0 Å². The van der Waals surface area contributed by atoms with E-state index in [1.807, 2.05) is 20.8 Å². The summed E-state index contributed by atoms with van der Waals surface area (Å²) >= 11 is 0. The van der Waals surface area contributed by atoms with E-state index >= 15 is 0 Å². The monoisotopic (exact) mass is 282 g/mol. The van der Waals surface area contributed by atoms with Crippen LogP contribution in [0.3, 0.4) is 0 Å². The van der Waals surface area contributed by atoms with Crippen molar-refractivity contribution in [2.45, 2.75) is 59.7 Å². The Balaban J connectivity index is 4.46. The molecule has 1 N–H and O–H groups in total. The molecule has 2 nitrogen and oxygen atoms in total. The number of hydrogen-bond donors (Lipinski definition) is 1. The van der Waals surface area contributed by atoms with E-state index < -0.39 is 12.7 Å². The Morgan fingerprint density at radius 1 is 0.947 bits per heavy atom. The Hall–Kier alpha value is -0.290. The van der Waals surface area contributed by atoms with Crippen LogP contribution in [0.15, 0.2) is 0 Å². The molecule has 0 amide bonds. The van der Waals surface area contributed by atoms with Crippen molar-refractivity contribution in [1.29, 1.82) is 0 Å². The number of nitrogens with zero attached hydrogens (tertiary/aromatic N) is 1. The average molecular weight is 282 g/mol. The predicted molar refractivity (Wildman–Crippen MR) is 74.3 cm³/mol. The lowest BCUT2D eigenvalue weighted by Gasteiger charge is -2.35. The lowest BCUT2D eigenvalue weighted by Crippen LogP contribution is -2.48. The molecular formula is C14H29F3N2. The smallest absolute Gasteiger partial charge is 0.311 e. The standard InChI is InChI=1S/C14H29F3N2/c1-7-8-19(11-14(15,16)17)10-13(5,6)9-18-12(2,3)4/h18H,7-11H2,1-6H3. The zero-order valence-corrected chi connectivity index (χ0v) is 13.1. The van der Waals surface area contributed by atoms with Gasteiger partial charge in [0.25, 0.3) is 0 Å². The van der Waals surface area contributed by atoms with E-state index in [1.165, 1.54) is 4.90 Å². The first-order valence-corrected chi connectivity index (χ1v) is 6.89. The Morgan fingerprint density at radius 3 is 1.84 bits per heavy atom. The average Bonchev–Trinajstić information content (AvgIpc) is 2.11. The van der Waals surface area contributed by atoms with Gasteiger partial charge in [-0.3, -0.25) is 4.90 Å². The first kappa shape index (κ1) is 18.7. The minimum Gasteiger partial charge on any atom is -0.311 e. The lowest BCUT2D eigenvalue weighted by atomic mass is 9.91. The van der Waals surface area contributed by atoms with Crippen molar-refractivity contribution in [3.8, 4) is 0 Å². The molecule has 0 aromatic carbocycles. The predicted octanol–water partition coefficient (Wildman–Crippen LogP) is 3.68. The number of halogens is 3. The summed E-state index contributed by atoms with van der Waals surface area (Å²) < 4.78 is 37.6. The fraction of sp³-hybridized carbons (Fsp3) is 1.00. The van der Waals surface area contributed by atoms with Crippen molar-refractivity contribution in [1.82, 2.24) is 10.2 Å². The van der Waals surface area contributed by atoms with Crippen LogP contribution < -0.4 is 5.32 Å². The van der Waals surface area contributed by atoms with Gasteiger partial charge in [-0.05, 0) is 39.2 Å². The highest BCUT2D eigenvalue weighted by molar-refractivity contribution is 4.81. The van der Waals surface area contributed by atoms with Gasteiger partial charge in [-0.1, -0.05) is 20.8 Å². The molecule has 116 valence electrons. The van der Waals surface area contributed by atoms with Crippen molar-refractivity contribution in [3.05, 3.63) is 0 Å². The summed E-state index contributed by atoms with van der Waals surface area (Å²) in [6, 6.07) is 0. The summed E-state index contributed by atoms with van der Waals surface area (Å²) in [6.07, 6.45) is -3.39. The number of nitrogens with one attached hydrogen (secondary N) is 1. The van der Waals surface area contributed by atoms with E-state index in [0.29, 0.717) is 19.6 Å². The highest BCUT2D eigenvalue weighted by atomic mass is 19.4. The summed E-state index contributed by atoms with van der Waals surface area (Å²) in [5.74, 6) is 0. The Morgan fingerprint density at radius 2 is 1.47 bits per heavy atom. The third-order valence-electron chi connectivity index (χ3n) is 2.69. The zero-order valence-electron chi connectivity index (χ0n) is 13.1. The maximum absolute atomic E-state index is 12.5. The summed E-state index contributed by atoms with van der Waals surface area (Å²) in [5, 5.41) is 3.36. The summed E-state index contributed by atoms with van der Waals surface area (Å²) in [5.41, 5.74) is -0.204. The van der Waals surface area contributed by atoms with Crippen LogP contribution in [-0.2, 0) is 0 Å². The van der Waals surface area contributed by atoms with Crippen LogP contribution in [0.25, 0.3) is 0 Å². The highest BCUT2D eigenvalue weighted by Crippen LogP contribution is 2.22. The molecule has 0 spiro atoms. The van der Waals surface area contributed by atoms with Crippen LogP contribution in [-0.4, -0.2) is 42.8 Å². The summed E-state index contributed by atoms with van der Waals surface area (Å²) in [4.78, 5) is 1.50. The molecule has 0 rings (SSSR count). The van der Waals surface area contributed by atoms with E-state index in [4.69, 9.17) is 0 Å². The van der Waals surface area contributed by atoms with Crippen LogP contribution in [0.4, 0.5) is 13.2 Å². The van der Waals surface area contributed by atoms with Gasteiger partial charge in [0, 0.05) is 18.6 Å². The van der Waals surface area contributed by atoms with Gasteiger partial charge in [0.05, 0.1) is 6.54 Å². The maximum atomic E-state index is 12.5. The Kier molecular flexibility index (Phi) is 6.83. The van der Waals surface area contributed by atoms with Crippen molar-refractivity contribution >= 4 is 0 Å². The number of rotatable bonds is 7. The Labute approximate surface area is 115 Å². The second-order valence-corrected chi connectivity index (χ2v) is 7.09. The third-order valence-corrected chi connectivity index (χ3v) is 2.69. The number of hydrogen-bond acceptors (Lipinski definition) is 2. The first-order chi connectivity index (χ1) is 8.35. The second kappa shape index (κ2) is 6.93. The van der Waals surface area contributed by atoms with E-state index in [2.05, 4.69) is 26.1 Å². The third kappa shape index (κ3) is 11.3. The van der Waals surface area contributed by atoms with Gasteiger partial charge < -0.3 is 5.32 Å². The molecule has 0 unspecified atom stereocenters. The normalized spacial score (nSPS) is 14.2. The van der Waals surface area contributed by atoms with Crippen molar-refractivity contribution in [3.63, 3.8) is 0 Å². The molecule has 0 saturated heterocycles. The minimum absolute atomic E-state index is 0.0170. The molecule has 0 aliphatic carbocycles.